The molecule has 0 aromatic heterocycles. The minimum absolute atomic E-state index is 0.207. The molecule has 0 saturated heterocycles. The lowest BCUT2D eigenvalue weighted by atomic mass is 10.0. The van der Waals surface area contributed by atoms with Crippen LogP contribution < -0.4 is 20.1 Å². The summed E-state index contributed by atoms with van der Waals surface area (Å²) in [4.78, 5) is 0. The molecule has 2 aromatic rings. The molecule has 0 atom stereocenters. The van der Waals surface area contributed by atoms with Gasteiger partial charge in [0.15, 0.2) is 0 Å². The second-order valence-corrected chi connectivity index (χ2v) is 10.0. The largest absolute Gasteiger partial charge is 0.457 e. The van der Waals surface area contributed by atoms with E-state index >= 15 is 0 Å². The molecule has 0 aliphatic carbocycles. The van der Waals surface area contributed by atoms with Crippen molar-refractivity contribution in [3.8, 4) is 22.6 Å². The number of hydrogen-bond acceptors (Lipinski definition) is 2. The number of rotatable bonds is 2. The molecule has 3 rings (SSSR count). The molecule has 0 spiro atoms. The zero-order valence-electron chi connectivity index (χ0n) is 12.9. The molecule has 1 aliphatic rings. The van der Waals surface area contributed by atoms with E-state index in [9.17, 15) is 0 Å². The van der Waals surface area contributed by atoms with Crippen molar-refractivity contribution in [2.45, 2.75) is 0 Å². The molecular weight excluding hydrogens is 298 g/mol. The maximum Gasteiger partial charge on any atom is 0.230 e. The zero-order chi connectivity index (χ0) is 15.0. The molecule has 0 bridgehead atoms. The van der Waals surface area contributed by atoms with Crippen LogP contribution in [0.25, 0.3) is 11.1 Å². The fraction of sp³-hybridized carbons (Fsp3) is 0.294. The second kappa shape index (κ2) is 5.95. The highest BCUT2D eigenvalue weighted by atomic mass is 31.1. The minimum atomic E-state index is -0.207. The highest BCUT2D eigenvalue weighted by molar-refractivity contribution is 7.65. The Bertz CT molecular complexity index is 608. The van der Waals surface area contributed by atoms with Crippen LogP contribution >= 0.6 is 15.8 Å². The van der Waals surface area contributed by atoms with Gasteiger partial charge < -0.3 is 9.47 Å². The molecule has 2 aromatic carbocycles. The highest BCUT2D eigenvalue weighted by Gasteiger charge is 2.24. The van der Waals surface area contributed by atoms with Gasteiger partial charge in [-0.2, -0.15) is 0 Å². The molecule has 4 heteroatoms. The standard InChI is InChI=1S/C17H20O2P2/c1-20(2)14-9-5-7-12-16(14)17-13(19-11-18-12)8-6-10-15(17)21(3)4/h5-10H,11H2,1-4H3. The average Bonchev–Trinajstić information content (AvgIpc) is 2.65. The first-order chi connectivity index (χ1) is 10.1. The topological polar surface area (TPSA) is 18.5 Å². The summed E-state index contributed by atoms with van der Waals surface area (Å²) in [5, 5.41) is 2.78. The van der Waals surface area contributed by atoms with Gasteiger partial charge in [0, 0.05) is 11.1 Å². The fourth-order valence-corrected chi connectivity index (χ4v) is 4.79. The average molecular weight is 318 g/mol. The molecule has 0 unspecified atom stereocenters. The summed E-state index contributed by atoms with van der Waals surface area (Å²) >= 11 is 0. The first-order valence-corrected chi connectivity index (χ1v) is 11.4. The fourth-order valence-electron chi connectivity index (χ4n) is 2.68. The van der Waals surface area contributed by atoms with Gasteiger partial charge >= 0.3 is 0 Å². The first kappa shape index (κ1) is 14.8. The van der Waals surface area contributed by atoms with Gasteiger partial charge in [0.25, 0.3) is 0 Å². The van der Waals surface area contributed by atoms with Gasteiger partial charge in [0.2, 0.25) is 6.79 Å². The quantitative estimate of drug-likeness (QED) is 0.784. The summed E-state index contributed by atoms with van der Waals surface area (Å²) in [6.07, 6.45) is 0. The minimum Gasteiger partial charge on any atom is -0.457 e. The van der Waals surface area contributed by atoms with Crippen molar-refractivity contribution in [3.05, 3.63) is 36.4 Å². The zero-order valence-corrected chi connectivity index (χ0v) is 14.7. The summed E-state index contributed by atoms with van der Waals surface area (Å²) in [6, 6.07) is 12.7. The van der Waals surface area contributed by atoms with Gasteiger partial charge in [-0.25, -0.2) is 0 Å². The predicted octanol–water partition coefficient (Wildman–Crippen LogP) is 3.82. The first-order valence-electron chi connectivity index (χ1n) is 6.96. The van der Waals surface area contributed by atoms with E-state index in [2.05, 4.69) is 63.1 Å². The van der Waals surface area contributed by atoms with Crippen LogP contribution in [0.3, 0.4) is 0 Å². The number of ether oxygens (including phenoxy) is 2. The summed E-state index contributed by atoms with van der Waals surface area (Å²) < 4.78 is 11.7. The SMILES string of the molecule is CP(C)c1cccc2c1-c1c(cccc1P(C)C)OCO2. The van der Waals surface area contributed by atoms with Crippen LogP contribution in [-0.2, 0) is 0 Å². The Morgan fingerprint density at radius 3 is 1.52 bits per heavy atom. The number of hydrogen-bond donors (Lipinski definition) is 0. The predicted molar refractivity (Wildman–Crippen MR) is 94.8 cm³/mol. The molecule has 1 aliphatic heterocycles. The van der Waals surface area contributed by atoms with Gasteiger partial charge in [-0.15, -0.1) is 0 Å². The van der Waals surface area contributed by atoms with E-state index in [-0.39, 0.29) is 22.6 Å². The molecule has 0 fully saturated rings. The lowest BCUT2D eigenvalue weighted by Crippen LogP contribution is -2.11. The Morgan fingerprint density at radius 1 is 0.714 bits per heavy atom. The second-order valence-electron chi connectivity index (χ2n) is 5.50. The van der Waals surface area contributed by atoms with Crippen LogP contribution in [0.2, 0.25) is 0 Å². The van der Waals surface area contributed by atoms with Crippen molar-refractivity contribution in [2.24, 2.45) is 0 Å². The Labute approximate surface area is 129 Å². The monoisotopic (exact) mass is 318 g/mol. The number of fused-ring (bicyclic) bond motifs is 3. The lowest BCUT2D eigenvalue weighted by Gasteiger charge is -2.20. The Morgan fingerprint density at radius 2 is 1.14 bits per heavy atom. The van der Waals surface area contributed by atoms with E-state index in [1.54, 1.807) is 0 Å². The molecule has 0 radical (unpaired) electrons. The third kappa shape index (κ3) is 2.68. The van der Waals surface area contributed by atoms with Gasteiger partial charge in [0.05, 0.1) is 0 Å². The molecular formula is C17H20O2P2. The summed E-state index contributed by atoms with van der Waals surface area (Å²) in [5.74, 6) is 1.90. The van der Waals surface area contributed by atoms with E-state index in [0.29, 0.717) is 0 Å². The smallest absolute Gasteiger partial charge is 0.230 e. The molecule has 0 saturated carbocycles. The van der Waals surface area contributed by atoms with Gasteiger partial charge in [-0.05, 0) is 49.4 Å². The molecule has 0 N–H and O–H groups in total. The maximum atomic E-state index is 5.85. The van der Waals surface area contributed by atoms with Gasteiger partial charge in [-0.3, -0.25) is 0 Å². The molecule has 21 heavy (non-hydrogen) atoms. The van der Waals surface area contributed by atoms with Crippen LogP contribution in [0, 0.1) is 0 Å². The normalized spacial score (nSPS) is 13.2. The maximum absolute atomic E-state index is 5.85. The van der Waals surface area contributed by atoms with Crippen LogP contribution in [0.15, 0.2) is 36.4 Å². The van der Waals surface area contributed by atoms with E-state index < -0.39 is 0 Å². The van der Waals surface area contributed by atoms with Gasteiger partial charge in [-0.1, -0.05) is 40.1 Å². The van der Waals surface area contributed by atoms with E-state index in [1.807, 2.05) is 0 Å². The molecule has 1 heterocycles. The Hall–Kier alpha value is -1.10. The summed E-state index contributed by atoms with van der Waals surface area (Å²) in [6.45, 7) is 9.45. The van der Waals surface area contributed by atoms with Crippen LogP contribution in [0.1, 0.15) is 0 Å². The van der Waals surface area contributed by atoms with E-state index in [4.69, 9.17) is 9.47 Å². The summed E-state index contributed by atoms with van der Waals surface area (Å²) in [7, 11) is -0.413. The third-order valence-corrected chi connectivity index (χ3v) is 6.32. The van der Waals surface area contributed by atoms with Crippen molar-refractivity contribution < 1.29 is 9.47 Å². The van der Waals surface area contributed by atoms with Crippen molar-refractivity contribution in [2.75, 3.05) is 33.5 Å². The Kier molecular flexibility index (Phi) is 4.20. The van der Waals surface area contributed by atoms with E-state index in [0.717, 1.165) is 11.5 Å². The molecule has 0 amide bonds. The van der Waals surface area contributed by atoms with Crippen molar-refractivity contribution >= 4 is 26.5 Å². The number of benzene rings is 2. The Balaban J connectivity index is 2.36. The summed E-state index contributed by atoms with van der Waals surface area (Å²) in [5.41, 5.74) is 2.49. The van der Waals surface area contributed by atoms with Crippen molar-refractivity contribution in [3.63, 3.8) is 0 Å². The lowest BCUT2D eigenvalue weighted by molar-refractivity contribution is 0.125. The molecule has 2 nitrogen and oxygen atoms in total. The van der Waals surface area contributed by atoms with Crippen LogP contribution in [-0.4, -0.2) is 33.5 Å². The highest BCUT2D eigenvalue weighted by Crippen LogP contribution is 2.44. The van der Waals surface area contributed by atoms with Crippen LogP contribution in [0.5, 0.6) is 11.5 Å². The van der Waals surface area contributed by atoms with Crippen molar-refractivity contribution in [1.29, 1.82) is 0 Å². The molecule has 110 valence electrons. The van der Waals surface area contributed by atoms with E-state index in [1.165, 1.54) is 21.7 Å². The van der Waals surface area contributed by atoms with Crippen LogP contribution in [0.4, 0.5) is 0 Å². The van der Waals surface area contributed by atoms with Gasteiger partial charge in [0.1, 0.15) is 11.5 Å². The third-order valence-electron chi connectivity index (χ3n) is 3.65. The van der Waals surface area contributed by atoms with Crippen molar-refractivity contribution in [1.82, 2.24) is 0 Å².